The van der Waals surface area contributed by atoms with E-state index in [4.69, 9.17) is 4.74 Å². The molecule has 0 aliphatic carbocycles. The van der Waals surface area contributed by atoms with E-state index < -0.39 is 0 Å². The molecule has 0 unspecified atom stereocenters. The number of ketones is 1. The van der Waals surface area contributed by atoms with Crippen LogP contribution in [0.5, 0.6) is 5.75 Å². The maximum atomic E-state index is 12.6. The van der Waals surface area contributed by atoms with Crippen molar-refractivity contribution in [3.05, 3.63) is 94.7 Å². The number of benzene rings is 3. The quantitative estimate of drug-likeness (QED) is 0.233. The van der Waals surface area contributed by atoms with Crippen molar-refractivity contribution in [1.82, 2.24) is 14.8 Å². The van der Waals surface area contributed by atoms with Crippen LogP contribution in [0.15, 0.2) is 88.5 Å². The molecule has 0 atom stereocenters. The Morgan fingerprint density at radius 3 is 2.41 bits per heavy atom. The summed E-state index contributed by atoms with van der Waals surface area (Å²) in [6.07, 6.45) is 0. The van der Waals surface area contributed by atoms with Crippen LogP contribution in [0.2, 0.25) is 0 Å². The summed E-state index contributed by atoms with van der Waals surface area (Å²) >= 11 is 4.78. The predicted molar refractivity (Wildman–Crippen MR) is 131 cm³/mol. The highest BCUT2D eigenvalue weighted by molar-refractivity contribution is 9.10. The molecule has 162 valence electrons. The van der Waals surface area contributed by atoms with E-state index in [0.717, 1.165) is 27.4 Å². The summed E-state index contributed by atoms with van der Waals surface area (Å²) in [7, 11) is 1.64. The van der Waals surface area contributed by atoms with E-state index in [9.17, 15) is 4.79 Å². The molecule has 0 radical (unpaired) electrons. The normalized spacial score (nSPS) is 10.7. The van der Waals surface area contributed by atoms with Crippen molar-refractivity contribution < 1.29 is 9.53 Å². The molecule has 3 aromatic carbocycles. The molecule has 6 nitrogen and oxygen atoms in total. The average Bonchev–Trinajstić information content (AvgIpc) is 3.25. The molecule has 0 aliphatic heterocycles. The lowest BCUT2D eigenvalue weighted by atomic mass is 10.2. The molecular formula is C24H21BrN4O2S. The highest BCUT2D eigenvalue weighted by atomic mass is 79.9. The van der Waals surface area contributed by atoms with Gasteiger partial charge in [-0.25, -0.2) is 0 Å². The summed E-state index contributed by atoms with van der Waals surface area (Å²) in [5.74, 6) is 1.88. The van der Waals surface area contributed by atoms with Crippen molar-refractivity contribution in [3.63, 3.8) is 0 Å². The molecule has 0 bridgehead atoms. The third-order valence-electron chi connectivity index (χ3n) is 4.75. The molecule has 0 amide bonds. The molecule has 1 N–H and O–H groups in total. The zero-order valence-electron chi connectivity index (χ0n) is 17.4. The molecule has 0 aliphatic rings. The highest BCUT2D eigenvalue weighted by Gasteiger charge is 2.16. The molecule has 8 heteroatoms. The number of carbonyl (C=O) groups is 1. The zero-order valence-corrected chi connectivity index (χ0v) is 19.8. The van der Waals surface area contributed by atoms with Gasteiger partial charge in [-0.2, -0.15) is 0 Å². The van der Waals surface area contributed by atoms with Crippen LogP contribution in [0.1, 0.15) is 16.2 Å². The number of Topliss-reactive ketones (excluding diaryl/α,β-unsaturated/α-hetero) is 1. The van der Waals surface area contributed by atoms with Crippen molar-refractivity contribution in [2.24, 2.45) is 0 Å². The topological polar surface area (TPSA) is 69.0 Å². The molecule has 4 aromatic rings. The lowest BCUT2D eigenvalue weighted by Crippen LogP contribution is -2.09. The van der Waals surface area contributed by atoms with Gasteiger partial charge in [0.25, 0.3) is 0 Å². The number of anilines is 1. The Kier molecular flexibility index (Phi) is 7.24. The summed E-state index contributed by atoms with van der Waals surface area (Å²) in [6.45, 7) is 0.482. The number of ether oxygens (including phenoxy) is 1. The van der Waals surface area contributed by atoms with Gasteiger partial charge in [-0.15, -0.1) is 10.2 Å². The number of carbonyl (C=O) groups excluding carboxylic acids is 1. The number of para-hydroxylation sites is 1. The number of nitrogens with zero attached hydrogens (tertiary/aromatic N) is 3. The van der Waals surface area contributed by atoms with Gasteiger partial charge in [-0.1, -0.05) is 58.0 Å². The first-order chi connectivity index (χ1) is 15.6. The first-order valence-corrected chi connectivity index (χ1v) is 11.7. The monoisotopic (exact) mass is 508 g/mol. The first-order valence-electron chi connectivity index (χ1n) is 9.93. The van der Waals surface area contributed by atoms with Crippen LogP contribution in [0, 0.1) is 0 Å². The Morgan fingerprint density at radius 1 is 1.00 bits per heavy atom. The molecule has 32 heavy (non-hydrogen) atoms. The van der Waals surface area contributed by atoms with Crippen molar-refractivity contribution in [2.75, 3.05) is 18.2 Å². The van der Waals surface area contributed by atoms with E-state index in [1.165, 1.54) is 11.8 Å². The molecular weight excluding hydrogens is 488 g/mol. The number of thioether (sulfide) groups is 1. The third kappa shape index (κ3) is 5.38. The molecule has 0 saturated carbocycles. The van der Waals surface area contributed by atoms with Gasteiger partial charge in [0.15, 0.2) is 16.8 Å². The largest absolute Gasteiger partial charge is 0.497 e. The summed E-state index contributed by atoms with van der Waals surface area (Å²) < 4.78 is 8.14. The smallest absolute Gasteiger partial charge is 0.196 e. The molecule has 0 fully saturated rings. The van der Waals surface area contributed by atoms with Crippen molar-refractivity contribution >= 4 is 39.2 Å². The number of halogens is 1. The van der Waals surface area contributed by atoms with Crippen LogP contribution in [-0.2, 0) is 6.54 Å². The Bertz CT molecular complexity index is 1180. The van der Waals surface area contributed by atoms with Crippen molar-refractivity contribution in [2.45, 2.75) is 11.7 Å². The van der Waals surface area contributed by atoms with Crippen LogP contribution in [0.3, 0.4) is 0 Å². The number of nitrogens with one attached hydrogen (secondary N) is 1. The SMILES string of the molecule is COc1ccc(NCc2nnc(SCC(=O)c3ccc(Br)cc3)n2-c2ccccc2)cc1. The van der Waals surface area contributed by atoms with Gasteiger partial charge < -0.3 is 10.1 Å². The number of hydrogen-bond donors (Lipinski definition) is 1. The number of rotatable bonds is 9. The van der Waals surface area contributed by atoms with E-state index in [-0.39, 0.29) is 11.5 Å². The van der Waals surface area contributed by atoms with Crippen LogP contribution >= 0.6 is 27.7 Å². The zero-order chi connectivity index (χ0) is 22.3. The average molecular weight is 509 g/mol. The lowest BCUT2D eigenvalue weighted by molar-refractivity contribution is 0.102. The standard InChI is InChI=1S/C24H21BrN4O2S/c1-31-21-13-11-19(12-14-21)26-15-23-27-28-24(29(23)20-5-3-2-4-6-20)32-16-22(30)17-7-9-18(25)10-8-17/h2-14,26H,15-16H2,1H3. The van der Waals surface area contributed by atoms with E-state index in [2.05, 4.69) is 31.4 Å². The maximum absolute atomic E-state index is 12.6. The van der Waals surface area contributed by atoms with Gasteiger partial charge in [0, 0.05) is 21.4 Å². The van der Waals surface area contributed by atoms with E-state index in [0.29, 0.717) is 17.3 Å². The van der Waals surface area contributed by atoms with Gasteiger partial charge >= 0.3 is 0 Å². The highest BCUT2D eigenvalue weighted by Crippen LogP contribution is 2.24. The second-order valence-corrected chi connectivity index (χ2v) is 8.73. The van der Waals surface area contributed by atoms with Crippen LogP contribution in [-0.4, -0.2) is 33.4 Å². The van der Waals surface area contributed by atoms with Gasteiger partial charge in [-0.05, 0) is 48.5 Å². The first kappa shape index (κ1) is 22.1. The second kappa shape index (κ2) is 10.5. The summed E-state index contributed by atoms with van der Waals surface area (Å²) in [5, 5.41) is 12.8. The predicted octanol–water partition coefficient (Wildman–Crippen LogP) is 5.63. The Labute approximate surface area is 199 Å². The van der Waals surface area contributed by atoms with Gasteiger partial charge in [0.2, 0.25) is 0 Å². The Balaban J connectivity index is 1.52. The number of hydrogen-bond acceptors (Lipinski definition) is 6. The minimum Gasteiger partial charge on any atom is -0.497 e. The molecule has 0 spiro atoms. The minimum absolute atomic E-state index is 0.0445. The summed E-state index contributed by atoms with van der Waals surface area (Å²) in [6, 6.07) is 25.0. The number of methoxy groups -OCH3 is 1. The summed E-state index contributed by atoms with van der Waals surface area (Å²) in [5.41, 5.74) is 2.57. The summed E-state index contributed by atoms with van der Waals surface area (Å²) in [4.78, 5) is 12.6. The fraction of sp³-hybridized carbons (Fsp3) is 0.125. The lowest BCUT2D eigenvalue weighted by Gasteiger charge is -2.11. The number of aromatic nitrogens is 3. The van der Waals surface area contributed by atoms with Gasteiger partial charge in [-0.3, -0.25) is 9.36 Å². The van der Waals surface area contributed by atoms with Crippen LogP contribution < -0.4 is 10.1 Å². The minimum atomic E-state index is 0.0445. The van der Waals surface area contributed by atoms with Crippen molar-refractivity contribution in [3.8, 4) is 11.4 Å². The maximum Gasteiger partial charge on any atom is 0.196 e. The molecule has 0 saturated heterocycles. The molecule has 1 heterocycles. The van der Waals surface area contributed by atoms with Crippen molar-refractivity contribution in [1.29, 1.82) is 0 Å². The van der Waals surface area contributed by atoms with Crippen LogP contribution in [0.4, 0.5) is 5.69 Å². The Hall–Kier alpha value is -3.10. The fourth-order valence-corrected chi connectivity index (χ4v) is 4.21. The third-order valence-corrected chi connectivity index (χ3v) is 6.21. The van der Waals surface area contributed by atoms with E-state index >= 15 is 0 Å². The molecule has 1 aromatic heterocycles. The van der Waals surface area contributed by atoms with Crippen LogP contribution in [0.25, 0.3) is 5.69 Å². The van der Waals surface area contributed by atoms with Gasteiger partial charge in [0.05, 0.1) is 19.4 Å². The fourth-order valence-electron chi connectivity index (χ4n) is 3.08. The Morgan fingerprint density at radius 2 is 1.72 bits per heavy atom. The molecule has 4 rings (SSSR count). The van der Waals surface area contributed by atoms with E-state index in [1.54, 1.807) is 7.11 Å². The van der Waals surface area contributed by atoms with E-state index in [1.807, 2.05) is 83.4 Å². The second-order valence-electron chi connectivity index (χ2n) is 6.87. The van der Waals surface area contributed by atoms with Gasteiger partial charge in [0.1, 0.15) is 5.75 Å².